The molecule has 62 valence electrons. The monoisotopic (exact) mass is 179 g/mol. The summed E-state index contributed by atoms with van der Waals surface area (Å²) in [4.78, 5) is 3.06. The van der Waals surface area contributed by atoms with E-state index in [1.54, 1.807) is 0 Å². The van der Waals surface area contributed by atoms with Crippen LogP contribution in [0.3, 0.4) is 0 Å². The number of rotatable bonds is 2. The summed E-state index contributed by atoms with van der Waals surface area (Å²) >= 11 is 1.47. The number of aryl methyl sites for hydroxylation is 1. The van der Waals surface area contributed by atoms with Crippen LogP contribution in [0.25, 0.3) is 0 Å². The number of aromatic amines is 1. The molecule has 0 bridgehead atoms. The van der Waals surface area contributed by atoms with Gasteiger partial charge in [0.15, 0.2) is 0 Å². The van der Waals surface area contributed by atoms with Crippen molar-refractivity contribution < 1.29 is 0 Å². The van der Waals surface area contributed by atoms with Crippen LogP contribution < -0.4 is 5.32 Å². The van der Waals surface area contributed by atoms with Gasteiger partial charge in [0.1, 0.15) is 10.8 Å². The van der Waals surface area contributed by atoms with E-state index in [2.05, 4.69) is 14.7 Å². The van der Waals surface area contributed by atoms with E-state index in [0.717, 1.165) is 16.5 Å². The van der Waals surface area contributed by atoms with Gasteiger partial charge in [-0.15, -0.1) is 0 Å². The lowest BCUT2D eigenvalue weighted by Gasteiger charge is -1.96. The SMILES string of the molecule is Cc1cc(Nc2ccc[nH]2)sn1. The van der Waals surface area contributed by atoms with Gasteiger partial charge < -0.3 is 10.3 Å². The Kier molecular flexibility index (Phi) is 1.83. The third-order valence-electron chi connectivity index (χ3n) is 1.48. The second kappa shape index (κ2) is 2.98. The number of anilines is 2. The summed E-state index contributed by atoms with van der Waals surface area (Å²) in [6, 6.07) is 5.96. The average Bonchev–Trinajstić information content (AvgIpc) is 2.63. The van der Waals surface area contributed by atoms with Crippen molar-refractivity contribution in [2.24, 2.45) is 0 Å². The molecular weight excluding hydrogens is 170 g/mol. The largest absolute Gasteiger partial charge is 0.348 e. The van der Waals surface area contributed by atoms with Crippen molar-refractivity contribution in [3.8, 4) is 0 Å². The van der Waals surface area contributed by atoms with Gasteiger partial charge in [-0.3, -0.25) is 0 Å². The number of aromatic nitrogens is 2. The molecule has 0 unspecified atom stereocenters. The Morgan fingerprint density at radius 2 is 2.50 bits per heavy atom. The molecule has 0 aliphatic carbocycles. The molecule has 2 rings (SSSR count). The van der Waals surface area contributed by atoms with Gasteiger partial charge in [0.2, 0.25) is 0 Å². The Morgan fingerprint density at radius 1 is 1.58 bits per heavy atom. The molecule has 0 atom stereocenters. The molecule has 0 fully saturated rings. The predicted molar refractivity (Wildman–Crippen MR) is 50.9 cm³/mol. The highest BCUT2D eigenvalue weighted by Gasteiger charge is 1.97. The normalized spacial score (nSPS) is 10.1. The quantitative estimate of drug-likeness (QED) is 0.743. The van der Waals surface area contributed by atoms with Crippen LogP contribution >= 0.6 is 11.5 Å². The minimum atomic E-state index is 0.999. The van der Waals surface area contributed by atoms with E-state index in [4.69, 9.17) is 0 Å². The van der Waals surface area contributed by atoms with E-state index >= 15 is 0 Å². The van der Waals surface area contributed by atoms with Gasteiger partial charge in [0.05, 0.1) is 5.69 Å². The van der Waals surface area contributed by atoms with E-state index in [1.807, 2.05) is 31.3 Å². The molecule has 0 aliphatic heterocycles. The molecule has 0 saturated carbocycles. The molecule has 2 N–H and O–H groups in total. The number of H-pyrrole nitrogens is 1. The molecule has 2 heterocycles. The lowest BCUT2D eigenvalue weighted by molar-refractivity contribution is 1.34. The van der Waals surface area contributed by atoms with Gasteiger partial charge in [0, 0.05) is 6.20 Å². The van der Waals surface area contributed by atoms with E-state index in [0.29, 0.717) is 0 Å². The summed E-state index contributed by atoms with van der Waals surface area (Å²) < 4.78 is 4.16. The zero-order chi connectivity index (χ0) is 8.39. The first kappa shape index (κ1) is 7.36. The number of nitrogens with zero attached hydrogens (tertiary/aromatic N) is 1. The second-order valence-electron chi connectivity index (χ2n) is 2.54. The molecule has 2 aromatic rings. The number of hydrogen-bond donors (Lipinski definition) is 2. The summed E-state index contributed by atoms with van der Waals surface area (Å²) in [6.45, 7) is 1.98. The highest BCUT2D eigenvalue weighted by atomic mass is 32.1. The van der Waals surface area contributed by atoms with Gasteiger partial charge in [0.25, 0.3) is 0 Å². The Morgan fingerprint density at radius 3 is 3.08 bits per heavy atom. The molecule has 0 amide bonds. The van der Waals surface area contributed by atoms with Crippen LogP contribution in [0.1, 0.15) is 5.69 Å². The van der Waals surface area contributed by atoms with Crippen LogP contribution in [-0.2, 0) is 0 Å². The van der Waals surface area contributed by atoms with E-state index < -0.39 is 0 Å². The minimum Gasteiger partial charge on any atom is -0.348 e. The molecule has 0 spiro atoms. The van der Waals surface area contributed by atoms with Crippen molar-refractivity contribution in [1.82, 2.24) is 9.36 Å². The molecule has 4 heteroatoms. The Balaban J connectivity index is 2.14. The highest BCUT2D eigenvalue weighted by Crippen LogP contribution is 2.19. The van der Waals surface area contributed by atoms with E-state index in [1.165, 1.54) is 11.5 Å². The van der Waals surface area contributed by atoms with Crippen LogP contribution in [0.4, 0.5) is 10.8 Å². The van der Waals surface area contributed by atoms with Crippen LogP contribution in [0.15, 0.2) is 24.4 Å². The maximum Gasteiger partial charge on any atom is 0.115 e. The summed E-state index contributed by atoms with van der Waals surface area (Å²) in [5.41, 5.74) is 1.05. The lowest BCUT2D eigenvalue weighted by Crippen LogP contribution is -1.85. The van der Waals surface area contributed by atoms with Gasteiger partial charge in [-0.25, -0.2) is 0 Å². The smallest absolute Gasteiger partial charge is 0.115 e. The zero-order valence-electron chi connectivity index (χ0n) is 6.66. The predicted octanol–water partition coefficient (Wildman–Crippen LogP) is 2.52. The van der Waals surface area contributed by atoms with Crippen LogP contribution in [0.5, 0.6) is 0 Å². The van der Waals surface area contributed by atoms with Gasteiger partial charge >= 0.3 is 0 Å². The minimum absolute atomic E-state index is 0.999. The summed E-state index contributed by atoms with van der Waals surface area (Å²) in [6.07, 6.45) is 1.89. The fourth-order valence-electron chi connectivity index (χ4n) is 0.963. The van der Waals surface area contributed by atoms with E-state index in [-0.39, 0.29) is 0 Å². The lowest BCUT2D eigenvalue weighted by atomic mass is 10.5. The van der Waals surface area contributed by atoms with Gasteiger partial charge in [-0.05, 0) is 36.7 Å². The average molecular weight is 179 g/mol. The van der Waals surface area contributed by atoms with Crippen molar-refractivity contribution in [2.45, 2.75) is 6.92 Å². The van der Waals surface area contributed by atoms with Crippen molar-refractivity contribution in [1.29, 1.82) is 0 Å². The zero-order valence-corrected chi connectivity index (χ0v) is 7.48. The maximum absolute atomic E-state index is 4.16. The van der Waals surface area contributed by atoms with Crippen LogP contribution in [-0.4, -0.2) is 9.36 Å². The maximum atomic E-state index is 4.16. The first-order valence-electron chi connectivity index (χ1n) is 3.68. The molecular formula is C8H9N3S. The third-order valence-corrected chi connectivity index (χ3v) is 2.28. The Labute approximate surface area is 74.6 Å². The topological polar surface area (TPSA) is 40.7 Å². The van der Waals surface area contributed by atoms with E-state index in [9.17, 15) is 0 Å². The molecule has 0 aliphatic rings. The van der Waals surface area contributed by atoms with Crippen molar-refractivity contribution >= 4 is 22.4 Å². The van der Waals surface area contributed by atoms with Crippen molar-refractivity contribution in [3.05, 3.63) is 30.1 Å². The summed E-state index contributed by atoms with van der Waals surface area (Å²) in [7, 11) is 0. The molecule has 12 heavy (non-hydrogen) atoms. The molecule has 2 aromatic heterocycles. The fraction of sp³-hybridized carbons (Fsp3) is 0.125. The fourth-order valence-corrected chi connectivity index (χ4v) is 1.64. The standard InChI is InChI=1S/C8H9N3S/c1-6-5-8(12-11-6)10-7-3-2-4-9-7/h2-5,9-10H,1H3. The number of nitrogens with one attached hydrogen (secondary N) is 2. The Bertz CT molecular complexity index is 350. The molecule has 0 aromatic carbocycles. The third kappa shape index (κ3) is 1.48. The second-order valence-corrected chi connectivity index (χ2v) is 3.35. The first-order chi connectivity index (χ1) is 5.84. The molecule has 0 radical (unpaired) electrons. The van der Waals surface area contributed by atoms with Crippen molar-refractivity contribution in [3.63, 3.8) is 0 Å². The summed E-state index contributed by atoms with van der Waals surface area (Å²) in [5, 5.41) is 4.27. The molecule has 0 saturated heterocycles. The van der Waals surface area contributed by atoms with Gasteiger partial charge in [-0.2, -0.15) is 4.37 Å². The summed E-state index contributed by atoms with van der Waals surface area (Å²) in [5.74, 6) is 0.999. The van der Waals surface area contributed by atoms with Gasteiger partial charge in [-0.1, -0.05) is 0 Å². The first-order valence-corrected chi connectivity index (χ1v) is 4.46. The highest BCUT2D eigenvalue weighted by molar-refractivity contribution is 7.10. The molecule has 3 nitrogen and oxygen atoms in total. The Hall–Kier alpha value is -1.29. The number of hydrogen-bond acceptors (Lipinski definition) is 3. The van der Waals surface area contributed by atoms with Crippen molar-refractivity contribution in [2.75, 3.05) is 5.32 Å². The van der Waals surface area contributed by atoms with Crippen LogP contribution in [0, 0.1) is 6.92 Å². The van der Waals surface area contributed by atoms with Crippen LogP contribution in [0.2, 0.25) is 0 Å².